The number of aryl methyl sites for hydroxylation is 1. The number of carbonyl (C=O) groups excluding carboxylic acids is 1. The molecule has 0 aliphatic rings. The second-order valence-electron chi connectivity index (χ2n) is 5.91. The van der Waals surface area contributed by atoms with Crippen LogP contribution in [0, 0.1) is 5.41 Å². The van der Waals surface area contributed by atoms with Crippen molar-refractivity contribution in [3.63, 3.8) is 0 Å². The Hall–Kier alpha value is -0.780. The fourth-order valence-corrected chi connectivity index (χ4v) is 3.41. The molecule has 0 saturated heterocycles. The maximum Gasteiger partial charge on any atom is 0.326 e. The number of aliphatic carboxylic acids is 1. The number of carboxylic acids is 1. The fraction of sp³-hybridized carbons (Fsp3) is 0.571. The predicted octanol–water partition coefficient (Wildman–Crippen LogP) is 3.99. The minimum Gasteiger partial charge on any atom is -0.480 e. The number of nitrogens with one attached hydrogen (secondary N) is 1. The molecule has 0 aliphatic carbocycles. The van der Waals surface area contributed by atoms with E-state index in [9.17, 15) is 9.59 Å². The number of hydrogen-bond acceptors (Lipinski definition) is 3. The summed E-state index contributed by atoms with van der Waals surface area (Å²) in [6.45, 7) is 5.33. The van der Waals surface area contributed by atoms with Crippen LogP contribution in [0.5, 0.6) is 0 Å². The van der Waals surface area contributed by atoms with Gasteiger partial charge in [0.1, 0.15) is 6.04 Å². The number of amides is 1. The van der Waals surface area contributed by atoms with E-state index in [0.29, 0.717) is 21.5 Å². The van der Waals surface area contributed by atoms with Gasteiger partial charge in [0.05, 0.1) is 8.67 Å². The Balaban J connectivity index is 2.47. The first-order chi connectivity index (χ1) is 9.61. The highest BCUT2D eigenvalue weighted by atomic mass is 35.5. The van der Waals surface area contributed by atoms with E-state index in [1.807, 2.05) is 0 Å². The molecule has 0 aliphatic heterocycles. The van der Waals surface area contributed by atoms with Crippen molar-refractivity contribution in [2.75, 3.05) is 0 Å². The molecule has 1 amide bonds. The molecule has 0 bridgehead atoms. The van der Waals surface area contributed by atoms with Crippen molar-refractivity contribution < 1.29 is 14.7 Å². The van der Waals surface area contributed by atoms with Gasteiger partial charge in [0, 0.05) is 6.42 Å². The maximum atomic E-state index is 11.9. The lowest BCUT2D eigenvalue weighted by Gasteiger charge is -2.27. The first-order valence-electron chi connectivity index (χ1n) is 6.57. The van der Waals surface area contributed by atoms with Crippen LogP contribution in [-0.2, 0) is 16.0 Å². The van der Waals surface area contributed by atoms with Crippen molar-refractivity contribution in [3.8, 4) is 0 Å². The molecule has 4 nitrogen and oxygen atoms in total. The highest BCUT2D eigenvalue weighted by Crippen LogP contribution is 2.32. The Bertz CT molecular complexity index is 523. The van der Waals surface area contributed by atoms with Crippen LogP contribution in [0.1, 0.15) is 39.2 Å². The van der Waals surface area contributed by atoms with Gasteiger partial charge in [0.2, 0.25) is 5.91 Å². The molecule has 0 spiro atoms. The molecule has 0 radical (unpaired) electrons. The zero-order chi connectivity index (χ0) is 16.2. The Morgan fingerprint density at radius 1 is 1.38 bits per heavy atom. The van der Waals surface area contributed by atoms with Gasteiger partial charge in [-0.05, 0) is 29.9 Å². The maximum absolute atomic E-state index is 11.9. The van der Waals surface area contributed by atoms with Crippen LogP contribution in [0.15, 0.2) is 6.07 Å². The molecule has 0 saturated carbocycles. The highest BCUT2D eigenvalue weighted by Gasteiger charge is 2.32. The third kappa shape index (κ3) is 5.85. The molecular weight excluding hydrogens is 333 g/mol. The van der Waals surface area contributed by atoms with Crippen molar-refractivity contribution in [2.45, 2.75) is 46.1 Å². The topological polar surface area (TPSA) is 66.4 Å². The monoisotopic (exact) mass is 351 g/mol. The quantitative estimate of drug-likeness (QED) is 0.813. The van der Waals surface area contributed by atoms with E-state index < -0.39 is 17.4 Å². The SMILES string of the molecule is CC(C)(C)[C@H](NC(=O)CCCc1cc(Cl)sc1Cl)C(=O)O. The van der Waals surface area contributed by atoms with Gasteiger partial charge in [-0.2, -0.15) is 0 Å². The molecule has 1 heterocycles. The number of carboxylic acid groups (broad SMARTS) is 1. The van der Waals surface area contributed by atoms with Gasteiger partial charge in [0.25, 0.3) is 0 Å². The molecule has 1 atom stereocenters. The van der Waals surface area contributed by atoms with E-state index in [1.165, 1.54) is 11.3 Å². The lowest BCUT2D eigenvalue weighted by Crippen LogP contribution is -2.49. The van der Waals surface area contributed by atoms with Gasteiger partial charge in [-0.15, -0.1) is 11.3 Å². The fourth-order valence-electron chi connectivity index (χ4n) is 1.87. The molecule has 0 aromatic carbocycles. The first kappa shape index (κ1) is 18.3. The molecule has 0 fully saturated rings. The zero-order valence-corrected chi connectivity index (χ0v) is 14.5. The number of hydrogen-bond donors (Lipinski definition) is 2. The Kier molecular flexibility index (Phi) is 6.50. The third-order valence-corrected chi connectivity index (χ3v) is 4.56. The summed E-state index contributed by atoms with van der Waals surface area (Å²) in [5.41, 5.74) is 0.385. The standard InChI is InChI=1S/C14H19Cl2NO3S/c1-14(2,3)11(13(19)20)17-10(18)6-4-5-8-7-9(15)21-12(8)16/h7,11H,4-6H2,1-3H3,(H,17,18)(H,19,20)/t11-/m1/s1. The Morgan fingerprint density at radius 3 is 2.43 bits per heavy atom. The average molecular weight is 352 g/mol. The van der Waals surface area contributed by atoms with Crippen LogP contribution in [0.25, 0.3) is 0 Å². The lowest BCUT2D eigenvalue weighted by molar-refractivity contribution is -0.144. The minimum absolute atomic E-state index is 0.254. The second kappa shape index (κ2) is 7.47. The van der Waals surface area contributed by atoms with Crippen molar-refractivity contribution >= 4 is 46.4 Å². The number of carbonyl (C=O) groups is 2. The molecule has 1 aromatic heterocycles. The molecule has 7 heteroatoms. The van der Waals surface area contributed by atoms with E-state index in [4.69, 9.17) is 28.3 Å². The van der Waals surface area contributed by atoms with Crippen molar-refractivity contribution in [3.05, 3.63) is 20.3 Å². The first-order valence-corrected chi connectivity index (χ1v) is 8.14. The smallest absolute Gasteiger partial charge is 0.326 e. The highest BCUT2D eigenvalue weighted by molar-refractivity contribution is 7.20. The van der Waals surface area contributed by atoms with Gasteiger partial charge in [-0.3, -0.25) is 4.79 Å². The zero-order valence-electron chi connectivity index (χ0n) is 12.2. The summed E-state index contributed by atoms with van der Waals surface area (Å²) in [6, 6.07) is 0.894. The van der Waals surface area contributed by atoms with Crippen LogP contribution in [-0.4, -0.2) is 23.0 Å². The number of halogens is 2. The summed E-state index contributed by atoms with van der Waals surface area (Å²) in [4.78, 5) is 23.0. The van der Waals surface area contributed by atoms with Crippen LogP contribution >= 0.6 is 34.5 Å². The number of rotatable bonds is 6. The second-order valence-corrected chi connectivity index (χ2v) is 8.19. The molecule has 2 N–H and O–H groups in total. The van der Waals surface area contributed by atoms with Crippen LogP contribution < -0.4 is 5.32 Å². The van der Waals surface area contributed by atoms with Gasteiger partial charge >= 0.3 is 5.97 Å². The summed E-state index contributed by atoms with van der Waals surface area (Å²) in [5.74, 6) is -1.29. The average Bonchev–Trinajstić information content (AvgIpc) is 2.63. The molecule has 1 aromatic rings. The van der Waals surface area contributed by atoms with Crippen molar-refractivity contribution in [1.82, 2.24) is 5.32 Å². The number of thiophene rings is 1. The summed E-state index contributed by atoms with van der Waals surface area (Å²) < 4.78 is 1.26. The summed E-state index contributed by atoms with van der Waals surface area (Å²) >= 11 is 13.2. The summed E-state index contributed by atoms with van der Waals surface area (Å²) in [6.07, 6.45) is 1.49. The van der Waals surface area contributed by atoms with Gasteiger partial charge in [-0.1, -0.05) is 44.0 Å². The Morgan fingerprint density at radius 2 is 2.00 bits per heavy atom. The third-order valence-electron chi connectivity index (χ3n) is 3.00. The molecule has 1 rings (SSSR count). The van der Waals surface area contributed by atoms with Gasteiger partial charge in [0.15, 0.2) is 0 Å². The van der Waals surface area contributed by atoms with Gasteiger partial charge in [-0.25, -0.2) is 4.79 Å². The molecule has 21 heavy (non-hydrogen) atoms. The van der Waals surface area contributed by atoms with Crippen LogP contribution in [0.2, 0.25) is 8.67 Å². The van der Waals surface area contributed by atoms with E-state index in [2.05, 4.69) is 5.32 Å². The summed E-state index contributed by atoms with van der Waals surface area (Å²) in [5, 5.41) is 11.7. The van der Waals surface area contributed by atoms with E-state index in [0.717, 1.165) is 5.56 Å². The Labute approximate surface area is 138 Å². The largest absolute Gasteiger partial charge is 0.480 e. The summed E-state index contributed by atoms with van der Waals surface area (Å²) in [7, 11) is 0. The minimum atomic E-state index is -1.02. The normalized spacial score (nSPS) is 13.0. The molecular formula is C14H19Cl2NO3S. The molecule has 118 valence electrons. The van der Waals surface area contributed by atoms with Crippen LogP contribution in [0.3, 0.4) is 0 Å². The van der Waals surface area contributed by atoms with E-state index >= 15 is 0 Å². The van der Waals surface area contributed by atoms with E-state index in [1.54, 1.807) is 26.8 Å². The van der Waals surface area contributed by atoms with Crippen LogP contribution in [0.4, 0.5) is 0 Å². The molecule has 0 unspecified atom stereocenters. The van der Waals surface area contributed by atoms with Crippen molar-refractivity contribution in [2.24, 2.45) is 5.41 Å². The predicted molar refractivity (Wildman–Crippen MR) is 86.3 cm³/mol. The van der Waals surface area contributed by atoms with Gasteiger partial charge < -0.3 is 10.4 Å². The van der Waals surface area contributed by atoms with E-state index in [-0.39, 0.29) is 12.3 Å². The lowest BCUT2D eigenvalue weighted by atomic mass is 9.86. The van der Waals surface area contributed by atoms with Crippen molar-refractivity contribution in [1.29, 1.82) is 0 Å².